The predicted molar refractivity (Wildman–Crippen MR) is 102 cm³/mol. The third kappa shape index (κ3) is 3.27. The number of aryl methyl sites for hydroxylation is 1. The summed E-state index contributed by atoms with van der Waals surface area (Å²) in [6.07, 6.45) is 1.67. The maximum atomic E-state index is 12.2. The van der Waals surface area contributed by atoms with Crippen LogP contribution in [0.25, 0.3) is 0 Å². The number of carbonyl (C=O) groups is 1. The topological polar surface area (TPSA) is 94.6 Å². The summed E-state index contributed by atoms with van der Waals surface area (Å²) in [5.41, 5.74) is 7.50. The van der Waals surface area contributed by atoms with E-state index in [0.29, 0.717) is 29.2 Å². The minimum Gasteiger partial charge on any atom is -0.490 e. The quantitative estimate of drug-likeness (QED) is 0.627. The standard InChI is InChI=1S/C20H18N2O4S/c1-4-9-25-13-7-5-12(6-8-13)16-14(10-21)19(22)26-17-15(20(23)24-3)11(2)27-18(16)17/h4-8,16H,1,9,22H2,2-3H3. The Bertz CT molecular complexity index is 967. The number of carbonyl (C=O) groups excluding carboxylic acids is 1. The van der Waals surface area contributed by atoms with Crippen LogP contribution in [0.2, 0.25) is 0 Å². The van der Waals surface area contributed by atoms with Gasteiger partial charge in [-0.2, -0.15) is 5.26 Å². The number of hydrogen-bond donors (Lipinski definition) is 1. The van der Waals surface area contributed by atoms with Crippen LogP contribution in [0.4, 0.5) is 0 Å². The van der Waals surface area contributed by atoms with Gasteiger partial charge in [-0.25, -0.2) is 4.79 Å². The molecule has 0 bridgehead atoms. The van der Waals surface area contributed by atoms with Gasteiger partial charge in [0, 0.05) is 4.88 Å². The van der Waals surface area contributed by atoms with Crippen LogP contribution in [-0.4, -0.2) is 19.7 Å². The van der Waals surface area contributed by atoms with Gasteiger partial charge in [0.1, 0.15) is 29.6 Å². The fraction of sp³-hybridized carbons (Fsp3) is 0.200. The van der Waals surface area contributed by atoms with E-state index in [9.17, 15) is 10.1 Å². The van der Waals surface area contributed by atoms with Crippen LogP contribution < -0.4 is 15.2 Å². The first-order valence-electron chi connectivity index (χ1n) is 8.14. The maximum absolute atomic E-state index is 12.2. The van der Waals surface area contributed by atoms with E-state index >= 15 is 0 Å². The van der Waals surface area contributed by atoms with Gasteiger partial charge < -0.3 is 19.9 Å². The molecule has 0 spiro atoms. The molecule has 3 rings (SSSR count). The highest BCUT2D eigenvalue weighted by atomic mass is 32.1. The summed E-state index contributed by atoms with van der Waals surface area (Å²) >= 11 is 1.39. The van der Waals surface area contributed by atoms with E-state index in [4.69, 9.17) is 19.9 Å². The molecule has 138 valence electrons. The average Bonchev–Trinajstić information content (AvgIpc) is 3.00. The van der Waals surface area contributed by atoms with E-state index < -0.39 is 11.9 Å². The van der Waals surface area contributed by atoms with Crippen molar-refractivity contribution in [3.8, 4) is 17.6 Å². The Kier molecular flexibility index (Phi) is 5.19. The van der Waals surface area contributed by atoms with Gasteiger partial charge in [-0.15, -0.1) is 11.3 Å². The van der Waals surface area contributed by atoms with Crippen molar-refractivity contribution >= 4 is 17.3 Å². The van der Waals surface area contributed by atoms with E-state index in [0.717, 1.165) is 15.3 Å². The van der Waals surface area contributed by atoms with E-state index in [1.165, 1.54) is 18.4 Å². The Balaban J connectivity index is 2.10. The fourth-order valence-electron chi connectivity index (χ4n) is 2.96. The third-order valence-electron chi connectivity index (χ3n) is 4.19. The van der Waals surface area contributed by atoms with Crippen LogP contribution in [0.1, 0.15) is 31.6 Å². The first-order valence-corrected chi connectivity index (χ1v) is 8.96. The number of allylic oxidation sites excluding steroid dienone is 1. The number of ether oxygens (including phenoxy) is 3. The van der Waals surface area contributed by atoms with Crippen molar-refractivity contribution in [2.75, 3.05) is 13.7 Å². The van der Waals surface area contributed by atoms with Crippen LogP contribution in [0, 0.1) is 18.3 Å². The zero-order valence-electron chi connectivity index (χ0n) is 14.9. The molecule has 2 N–H and O–H groups in total. The highest BCUT2D eigenvalue weighted by Crippen LogP contribution is 2.49. The minimum atomic E-state index is -0.495. The normalized spacial score (nSPS) is 15.4. The number of benzene rings is 1. The number of fused-ring (bicyclic) bond motifs is 1. The number of esters is 1. The summed E-state index contributed by atoms with van der Waals surface area (Å²) in [5.74, 6) is 0.126. The highest BCUT2D eigenvalue weighted by Gasteiger charge is 2.37. The number of rotatable bonds is 5. The van der Waals surface area contributed by atoms with Gasteiger partial charge in [0.05, 0.1) is 17.9 Å². The SMILES string of the molecule is C=CCOc1ccc(C2C(C#N)=C(N)Oc3c2sc(C)c3C(=O)OC)cc1. The smallest absolute Gasteiger partial charge is 0.342 e. The van der Waals surface area contributed by atoms with Crippen LogP contribution in [-0.2, 0) is 4.74 Å². The monoisotopic (exact) mass is 382 g/mol. The van der Waals surface area contributed by atoms with Gasteiger partial charge in [0.2, 0.25) is 5.88 Å². The Hall–Kier alpha value is -3.24. The molecule has 2 heterocycles. The van der Waals surface area contributed by atoms with Crippen LogP contribution in [0.5, 0.6) is 11.5 Å². The molecule has 0 fully saturated rings. The highest BCUT2D eigenvalue weighted by molar-refractivity contribution is 7.12. The molecule has 1 aliphatic rings. The molecule has 0 aliphatic carbocycles. The molecule has 1 aromatic carbocycles. The lowest BCUT2D eigenvalue weighted by molar-refractivity contribution is 0.0597. The number of hydrogen-bond acceptors (Lipinski definition) is 7. The van der Waals surface area contributed by atoms with E-state index in [1.54, 1.807) is 6.08 Å². The van der Waals surface area contributed by atoms with Gasteiger partial charge in [-0.1, -0.05) is 24.8 Å². The molecule has 7 heteroatoms. The van der Waals surface area contributed by atoms with Crippen molar-refractivity contribution in [3.05, 3.63) is 69.3 Å². The molecule has 0 amide bonds. The second kappa shape index (κ2) is 7.56. The Morgan fingerprint density at radius 3 is 2.74 bits per heavy atom. The Labute approximate surface area is 161 Å². The van der Waals surface area contributed by atoms with Crippen LogP contribution in [0.15, 0.2) is 48.4 Å². The second-order valence-corrected chi connectivity index (χ2v) is 7.07. The fourth-order valence-corrected chi connectivity index (χ4v) is 4.18. The molecule has 1 atom stereocenters. The van der Waals surface area contributed by atoms with Crippen LogP contribution in [0.3, 0.4) is 0 Å². The van der Waals surface area contributed by atoms with Crippen LogP contribution >= 0.6 is 11.3 Å². The number of nitrogens with two attached hydrogens (primary N) is 1. The Morgan fingerprint density at radius 2 is 2.15 bits per heavy atom. The second-order valence-electron chi connectivity index (χ2n) is 5.81. The summed E-state index contributed by atoms with van der Waals surface area (Å²) in [7, 11) is 1.31. The summed E-state index contributed by atoms with van der Waals surface area (Å²) in [6.45, 7) is 5.84. The van der Waals surface area contributed by atoms with Crippen molar-refractivity contribution in [1.29, 1.82) is 5.26 Å². The number of nitrogens with zero attached hydrogens (tertiary/aromatic N) is 1. The largest absolute Gasteiger partial charge is 0.490 e. The van der Waals surface area contributed by atoms with Gasteiger partial charge in [-0.3, -0.25) is 0 Å². The van der Waals surface area contributed by atoms with Gasteiger partial charge in [-0.05, 0) is 24.6 Å². The molecule has 1 unspecified atom stereocenters. The van der Waals surface area contributed by atoms with E-state index in [1.807, 2.05) is 31.2 Å². The average molecular weight is 382 g/mol. The molecule has 6 nitrogen and oxygen atoms in total. The zero-order valence-corrected chi connectivity index (χ0v) is 15.8. The van der Waals surface area contributed by atoms with E-state index in [-0.39, 0.29) is 5.88 Å². The van der Waals surface area contributed by atoms with Gasteiger partial charge in [0.15, 0.2) is 5.75 Å². The van der Waals surface area contributed by atoms with Crippen molar-refractivity contribution in [2.45, 2.75) is 12.8 Å². The maximum Gasteiger partial charge on any atom is 0.342 e. The number of thiophene rings is 1. The minimum absolute atomic E-state index is 0.00932. The van der Waals surface area contributed by atoms with Gasteiger partial charge in [0.25, 0.3) is 0 Å². The first kappa shape index (κ1) is 18.5. The molecule has 1 aliphatic heterocycles. The van der Waals surface area contributed by atoms with Crippen molar-refractivity contribution in [2.24, 2.45) is 5.73 Å². The molecule has 27 heavy (non-hydrogen) atoms. The summed E-state index contributed by atoms with van der Waals surface area (Å²) in [5, 5.41) is 9.63. The molecule has 1 aromatic heterocycles. The molecular formula is C20H18N2O4S. The van der Waals surface area contributed by atoms with E-state index in [2.05, 4.69) is 12.6 Å². The Morgan fingerprint density at radius 1 is 1.44 bits per heavy atom. The third-order valence-corrected chi connectivity index (χ3v) is 5.34. The summed E-state index contributed by atoms with van der Waals surface area (Å²) in [6, 6.07) is 9.52. The molecule has 0 radical (unpaired) electrons. The van der Waals surface area contributed by atoms with Crippen molar-refractivity contribution in [1.82, 2.24) is 0 Å². The predicted octanol–water partition coefficient (Wildman–Crippen LogP) is 3.63. The van der Waals surface area contributed by atoms with Crippen molar-refractivity contribution in [3.63, 3.8) is 0 Å². The number of nitriles is 1. The summed E-state index contributed by atoms with van der Waals surface area (Å²) in [4.78, 5) is 13.7. The lowest BCUT2D eigenvalue weighted by Gasteiger charge is -2.24. The first-order chi connectivity index (χ1) is 13.0. The van der Waals surface area contributed by atoms with Gasteiger partial charge >= 0.3 is 5.97 Å². The number of methoxy groups -OCH3 is 1. The zero-order chi connectivity index (χ0) is 19.6. The molecular weight excluding hydrogens is 364 g/mol. The lowest BCUT2D eigenvalue weighted by Crippen LogP contribution is -2.21. The molecule has 0 saturated carbocycles. The lowest BCUT2D eigenvalue weighted by atomic mass is 9.88. The summed E-state index contributed by atoms with van der Waals surface area (Å²) < 4.78 is 16.0. The van der Waals surface area contributed by atoms with Crippen molar-refractivity contribution < 1.29 is 19.0 Å². The molecule has 0 saturated heterocycles. The molecule has 2 aromatic rings.